The SMILES string of the molecule is CCN(C(C)C)S(=O)(=O)c1cccc(C(C)=O)c1. The fourth-order valence-corrected chi connectivity index (χ4v) is 3.52. The molecular weight excluding hydrogens is 250 g/mol. The second kappa shape index (κ2) is 5.63. The maximum Gasteiger partial charge on any atom is 0.243 e. The highest BCUT2D eigenvalue weighted by atomic mass is 32.2. The van der Waals surface area contributed by atoms with Crippen molar-refractivity contribution in [2.24, 2.45) is 0 Å². The molecule has 0 saturated heterocycles. The molecule has 5 heteroatoms. The van der Waals surface area contributed by atoms with E-state index in [1.807, 2.05) is 13.8 Å². The predicted octanol–water partition coefficient (Wildman–Crippen LogP) is 2.31. The number of carbonyl (C=O) groups excluding carboxylic acids is 1. The van der Waals surface area contributed by atoms with E-state index in [9.17, 15) is 13.2 Å². The van der Waals surface area contributed by atoms with E-state index in [1.54, 1.807) is 19.1 Å². The van der Waals surface area contributed by atoms with E-state index in [1.165, 1.54) is 23.4 Å². The molecule has 1 rings (SSSR count). The second-order valence-electron chi connectivity index (χ2n) is 4.39. The first-order valence-corrected chi connectivity index (χ1v) is 7.37. The van der Waals surface area contributed by atoms with Crippen molar-refractivity contribution in [1.29, 1.82) is 0 Å². The third kappa shape index (κ3) is 2.97. The van der Waals surface area contributed by atoms with Gasteiger partial charge >= 0.3 is 0 Å². The summed E-state index contributed by atoms with van der Waals surface area (Å²) in [7, 11) is -3.53. The molecule has 0 heterocycles. The lowest BCUT2D eigenvalue weighted by molar-refractivity contribution is 0.101. The summed E-state index contributed by atoms with van der Waals surface area (Å²) in [5.41, 5.74) is 0.413. The number of hydrogen-bond donors (Lipinski definition) is 0. The van der Waals surface area contributed by atoms with Gasteiger partial charge in [0, 0.05) is 18.2 Å². The van der Waals surface area contributed by atoms with Crippen LogP contribution in [-0.4, -0.2) is 31.1 Å². The van der Waals surface area contributed by atoms with Gasteiger partial charge in [-0.2, -0.15) is 4.31 Å². The van der Waals surface area contributed by atoms with Gasteiger partial charge in [-0.15, -0.1) is 0 Å². The average Bonchev–Trinajstić information content (AvgIpc) is 2.29. The Bertz CT molecular complexity index is 535. The monoisotopic (exact) mass is 269 g/mol. The number of hydrogen-bond acceptors (Lipinski definition) is 3. The van der Waals surface area contributed by atoms with Crippen molar-refractivity contribution in [1.82, 2.24) is 4.31 Å². The van der Waals surface area contributed by atoms with Crippen LogP contribution >= 0.6 is 0 Å². The Labute approximate surface area is 109 Å². The van der Waals surface area contributed by atoms with Crippen LogP contribution in [-0.2, 0) is 10.0 Å². The Kier molecular flexibility index (Phi) is 4.65. The molecule has 0 amide bonds. The van der Waals surface area contributed by atoms with E-state index in [-0.39, 0.29) is 16.7 Å². The van der Waals surface area contributed by atoms with Gasteiger partial charge in [0.2, 0.25) is 10.0 Å². The number of sulfonamides is 1. The summed E-state index contributed by atoms with van der Waals surface area (Å²) in [6, 6.07) is 6.06. The molecule has 4 nitrogen and oxygen atoms in total. The molecule has 0 bridgehead atoms. The van der Waals surface area contributed by atoms with Crippen molar-refractivity contribution in [3.8, 4) is 0 Å². The molecule has 0 fully saturated rings. The summed E-state index contributed by atoms with van der Waals surface area (Å²) >= 11 is 0. The summed E-state index contributed by atoms with van der Waals surface area (Å²) in [5, 5.41) is 0. The average molecular weight is 269 g/mol. The molecule has 0 atom stereocenters. The first-order chi connectivity index (χ1) is 8.30. The Morgan fingerprint density at radius 2 is 1.94 bits per heavy atom. The number of carbonyl (C=O) groups is 1. The van der Waals surface area contributed by atoms with Crippen molar-refractivity contribution in [2.45, 2.75) is 38.6 Å². The van der Waals surface area contributed by atoms with Crippen molar-refractivity contribution in [3.05, 3.63) is 29.8 Å². The molecule has 18 heavy (non-hydrogen) atoms. The molecule has 0 saturated carbocycles. The van der Waals surface area contributed by atoms with Crippen LogP contribution in [0.25, 0.3) is 0 Å². The first-order valence-electron chi connectivity index (χ1n) is 5.93. The van der Waals surface area contributed by atoms with Crippen LogP contribution in [0.4, 0.5) is 0 Å². The van der Waals surface area contributed by atoms with Gasteiger partial charge in [0.15, 0.2) is 5.78 Å². The number of rotatable bonds is 5. The van der Waals surface area contributed by atoms with E-state index < -0.39 is 10.0 Å². The largest absolute Gasteiger partial charge is 0.295 e. The second-order valence-corrected chi connectivity index (χ2v) is 6.28. The molecule has 0 radical (unpaired) electrons. The number of nitrogens with zero attached hydrogens (tertiary/aromatic N) is 1. The summed E-state index contributed by atoms with van der Waals surface area (Å²) in [5.74, 6) is -0.139. The topological polar surface area (TPSA) is 54.5 Å². The van der Waals surface area contributed by atoms with Crippen LogP contribution in [0.1, 0.15) is 38.1 Å². The highest BCUT2D eigenvalue weighted by Crippen LogP contribution is 2.19. The predicted molar refractivity (Wildman–Crippen MR) is 71.1 cm³/mol. The molecular formula is C13H19NO3S. The molecule has 0 aliphatic heterocycles. The summed E-state index contributed by atoms with van der Waals surface area (Å²) in [6.45, 7) is 7.29. The Morgan fingerprint density at radius 1 is 1.33 bits per heavy atom. The molecule has 1 aromatic rings. The van der Waals surface area contributed by atoms with Crippen LogP contribution < -0.4 is 0 Å². The molecule has 1 aromatic carbocycles. The van der Waals surface area contributed by atoms with Crippen molar-refractivity contribution in [3.63, 3.8) is 0 Å². The van der Waals surface area contributed by atoms with E-state index in [0.29, 0.717) is 12.1 Å². The minimum absolute atomic E-state index is 0.110. The van der Waals surface area contributed by atoms with Crippen LogP contribution in [0.3, 0.4) is 0 Å². The smallest absolute Gasteiger partial charge is 0.243 e. The minimum atomic E-state index is -3.53. The van der Waals surface area contributed by atoms with Crippen molar-refractivity contribution in [2.75, 3.05) is 6.54 Å². The zero-order chi connectivity index (χ0) is 13.9. The molecule has 0 unspecified atom stereocenters. The molecule has 0 aliphatic carbocycles. The Balaban J connectivity index is 3.28. The number of benzene rings is 1. The van der Waals surface area contributed by atoms with Gasteiger partial charge in [-0.1, -0.05) is 19.1 Å². The fraction of sp³-hybridized carbons (Fsp3) is 0.462. The van der Waals surface area contributed by atoms with Gasteiger partial charge < -0.3 is 0 Å². The quantitative estimate of drug-likeness (QED) is 0.771. The van der Waals surface area contributed by atoms with Gasteiger partial charge in [0.05, 0.1) is 4.90 Å². The molecule has 0 N–H and O–H groups in total. The van der Waals surface area contributed by atoms with Crippen LogP contribution in [0, 0.1) is 0 Å². The molecule has 0 aromatic heterocycles. The van der Waals surface area contributed by atoms with Crippen LogP contribution in [0.5, 0.6) is 0 Å². The standard InChI is InChI=1S/C13H19NO3S/c1-5-14(10(2)3)18(16,17)13-8-6-7-12(9-13)11(4)15/h6-10H,5H2,1-4H3. The number of Topliss-reactive ketones (excluding diaryl/α,β-unsaturated/α-hetero) is 1. The lowest BCUT2D eigenvalue weighted by Gasteiger charge is -2.24. The van der Waals surface area contributed by atoms with E-state index >= 15 is 0 Å². The zero-order valence-electron chi connectivity index (χ0n) is 11.2. The third-order valence-electron chi connectivity index (χ3n) is 2.73. The Hall–Kier alpha value is -1.20. The van der Waals surface area contributed by atoms with E-state index in [0.717, 1.165) is 0 Å². The normalized spacial score (nSPS) is 12.1. The summed E-state index contributed by atoms with van der Waals surface area (Å²) in [4.78, 5) is 11.5. The van der Waals surface area contributed by atoms with Crippen LogP contribution in [0.15, 0.2) is 29.2 Å². The van der Waals surface area contributed by atoms with Gasteiger partial charge in [-0.05, 0) is 32.9 Å². The lowest BCUT2D eigenvalue weighted by Crippen LogP contribution is -2.36. The zero-order valence-corrected chi connectivity index (χ0v) is 12.0. The van der Waals surface area contributed by atoms with Gasteiger partial charge in [0.1, 0.15) is 0 Å². The van der Waals surface area contributed by atoms with Crippen molar-refractivity contribution >= 4 is 15.8 Å². The van der Waals surface area contributed by atoms with Crippen LogP contribution in [0.2, 0.25) is 0 Å². The molecule has 0 aliphatic rings. The summed E-state index contributed by atoms with van der Waals surface area (Å²) < 4.78 is 26.2. The maximum absolute atomic E-state index is 12.4. The lowest BCUT2D eigenvalue weighted by atomic mass is 10.2. The minimum Gasteiger partial charge on any atom is -0.295 e. The van der Waals surface area contributed by atoms with Crippen molar-refractivity contribution < 1.29 is 13.2 Å². The Morgan fingerprint density at radius 3 is 2.39 bits per heavy atom. The highest BCUT2D eigenvalue weighted by molar-refractivity contribution is 7.89. The van der Waals surface area contributed by atoms with E-state index in [2.05, 4.69) is 0 Å². The summed E-state index contributed by atoms with van der Waals surface area (Å²) in [6.07, 6.45) is 0. The number of ketones is 1. The maximum atomic E-state index is 12.4. The van der Waals surface area contributed by atoms with E-state index in [4.69, 9.17) is 0 Å². The van der Waals surface area contributed by atoms with Gasteiger partial charge in [0.25, 0.3) is 0 Å². The third-order valence-corrected chi connectivity index (χ3v) is 4.88. The van der Waals surface area contributed by atoms with Gasteiger partial charge in [-0.3, -0.25) is 4.79 Å². The highest BCUT2D eigenvalue weighted by Gasteiger charge is 2.25. The van der Waals surface area contributed by atoms with Gasteiger partial charge in [-0.25, -0.2) is 8.42 Å². The molecule has 100 valence electrons. The molecule has 0 spiro atoms. The first kappa shape index (κ1) is 14.9. The fourth-order valence-electron chi connectivity index (χ4n) is 1.82.